The number of benzene rings is 2. The van der Waals surface area contributed by atoms with Gasteiger partial charge in [0.25, 0.3) is 0 Å². The molecule has 0 atom stereocenters. The van der Waals surface area contributed by atoms with Gasteiger partial charge in [-0.3, -0.25) is 0 Å². The number of imidazole rings is 2. The molecule has 0 saturated carbocycles. The third-order valence-corrected chi connectivity index (χ3v) is 7.34. The van der Waals surface area contributed by atoms with Crippen LogP contribution >= 0.6 is 54.5 Å². The predicted octanol–water partition coefficient (Wildman–Crippen LogP) is 4.27. The normalized spacial score (nSPS) is 13.7. The minimum atomic E-state index is 0. The standard InChI is InChI=1S/C11H8BrIN2O.C11H9BrN2O.C4H8O.C2H5.BrH.Mg/c12-7-1-2-9-8(5-7)11-14-10(13)6-15(11)3-4-16-9;12-8-1-2-10-9(7-8)11-13-3-4-14(11)5-6-15-10;1-2-4-5-3-1;1-2;;/h1-2,5-6H,3-4H2;1-4,7H,5-6H2;1-4H2;1H2,2H3;1H;/q;;;-1;;+2/p-1. The van der Waals surface area contributed by atoms with Crippen molar-refractivity contribution in [2.45, 2.75) is 32.9 Å². The fourth-order valence-electron chi connectivity index (χ4n) is 4.13. The number of rotatable bonds is 0. The number of halogens is 4. The van der Waals surface area contributed by atoms with E-state index in [4.69, 9.17) is 14.2 Å². The molecule has 0 spiro atoms. The van der Waals surface area contributed by atoms with Gasteiger partial charge in [0.15, 0.2) is 0 Å². The second kappa shape index (κ2) is 18.1. The van der Waals surface area contributed by atoms with Crippen LogP contribution in [0.25, 0.3) is 22.8 Å². The van der Waals surface area contributed by atoms with Crippen molar-refractivity contribution in [3.8, 4) is 34.3 Å². The van der Waals surface area contributed by atoms with E-state index in [0.717, 1.165) is 73.2 Å². The van der Waals surface area contributed by atoms with E-state index in [0.29, 0.717) is 13.2 Å². The van der Waals surface area contributed by atoms with Crippen LogP contribution in [-0.2, 0) is 17.8 Å². The Labute approximate surface area is 293 Å². The Hall–Kier alpha value is -0.644. The minimum absolute atomic E-state index is 0. The van der Waals surface area contributed by atoms with Crippen LogP contribution in [0.3, 0.4) is 0 Å². The van der Waals surface area contributed by atoms with Gasteiger partial charge in [0.2, 0.25) is 0 Å². The van der Waals surface area contributed by atoms with Crippen molar-refractivity contribution >= 4 is 77.5 Å². The summed E-state index contributed by atoms with van der Waals surface area (Å²) in [4.78, 5) is 8.90. The number of fused-ring (bicyclic) bond motifs is 6. The molecule has 7 nitrogen and oxygen atoms in total. The van der Waals surface area contributed by atoms with Crippen molar-refractivity contribution < 1.29 is 31.2 Å². The Morgan fingerprint density at radius 3 is 1.93 bits per heavy atom. The molecule has 3 aliphatic heterocycles. The SMILES string of the molecule is Brc1ccc2c(c1)-c1nc(I)cn1CCO2.Brc1ccc2c(c1)-c1nccn1CCO2.C1CCOC1.[Br-].[CH2-]C.[Mg+2]. The molecule has 2 aromatic heterocycles. The van der Waals surface area contributed by atoms with Gasteiger partial charge in [-0.15, -0.1) is 0 Å². The summed E-state index contributed by atoms with van der Waals surface area (Å²) in [6.45, 7) is 10.1. The molecule has 0 aliphatic carbocycles. The van der Waals surface area contributed by atoms with Crippen LogP contribution in [-0.4, -0.2) is 68.6 Å². The molecule has 4 aromatic rings. The summed E-state index contributed by atoms with van der Waals surface area (Å²) >= 11 is 9.18. The van der Waals surface area contributed by atoms with Gasteiger partial charge in [-0.2, -0.15) is 6.92 Å². The van der Waals surface area contributed by atoms with Crippen molar-refractivity contribution in [2.75, 3.05) is 26.4 Å². The van der Waals surface area contributed by atoms with Gasteiger partial charge in [-0.1, -0.05) is 31.9 Å². The van der Waals surface area contributed by atoms with E-state index < -0.39 is 0 Å². The van der Waals surface area contributed by atoms with Gasteiger partial charge in [0.1, 0.15) is 40.1 Å². The molecule has 210 valence electrons. The van der Waals surface area contributed by atoms with Gasteiger partial charge in [-0.25, -0.2) is 9.97 Å². The molecular formula is C28H30Br3IMgN4O3. The fourth-order valence-corrected chi connectivity index (χ4v) is 5.41. The Kier molecular flexibility index (Phi) is 16.1. The van der Waals surface area contributed by atoms with E-state index in [9.17, 15) is 0 Å². The number of hydrogen-bond donors (Lipinski definition) is 0. The van der Waals surface area contributed by atoms with Gasteiger partial charge in [-0.05, 0) is 71.8 Å². The summed E-state index contributed by atoms with van der Waals surface area (Å²) in [6, 6.07) is 12.0. The molecule has 0 unspecified atom stereocenters. The van der Waals surface area contributed by atoms with Crippen LogP contribution in [0.4, 0.5) is 0 Å². The fraction of sp³-hybridized carbons (Fsp3) is 0.321. The van der Waals surface area contributed by atoms with E-state index in [1.807, 2.05) is 42.7 Å². The van der Waals surface area contributed by atoms with Crippen molar-refractivity contribution in [3.05, 3.63) is 74.6 Å². The first kappa shape index (κ1) is 35.6. The van der Waals surface area contributed by atoms with Crippen LogP contribution in [0, 0.1) is 10.6 Å². The Morgan fingerprint density at radius 2 is 1.38 bits per heavy atom. The molecule has 1 saturated heterocycles. The number of hydrogen-bond acceptors (Lipinski definition) is 5. The number of nitrogens with zero attached hydrogens (tertiary/aromatic N) is 4. The second-order valence-electron chi connectivity index (χ2n) is 8.32. The average Bonchev–Trinajstić information content (AvgIpc) is 3.68. The van der Waals surface area contributed by atoms with Gasteiger partial charge >= 0.3 is 23.1 Å². The summed E-state index contributed by atoms with van der Waals surface area (Å²) < 4.78 is 23.7. The van der Waals surface area contributed by atoms with Crippen molar-refractivity contribution in [1.29, 1.82) is 0 Å². The predicted molar refractivity (Wildman–Crippen MR) is 171 cm³/mol. The zero-order chi connectivity index (χ0) is 26.9. The minimum Gasteiger partial charge on any atom is -1.00 e. The maximum atomic E-state index is 5.70. The van der Waals surface area contributed by atoms with Crippen molar-refractivity contribution in [3.63, 3.8) is 0 Å². The van der Waals surface area contributed by atoms with Crippen LogP contribution in [0.15, 0.2) is 63.9 Å². The quantitative estimate of drug-likeness (QED) is 0.150. The Morgan fingerprint density at radius 1 is 0.825 bits per heavy atom. The van der Waals surface area contributed by atoms with Crippen molar-refractivity contribution in [1.82, 2.24) is 19.1 Å². The topological polar surface area (TPSA) is 63.3 Å². The Balaban J connectivity index is 0.000000219. The molecule has 0 N–H and O–H groups in total. The molecule has 40 heavy (non-hydrogen) atoms. The smallest absolute Gasteiger partial charge is 1.00 e. The van der Waals surface area contributed by atoms with Crippen LogP contribution in [0.5, 0.6) is 11.5 Å². The first-order valence-corrected chi connectivity index (χ1v) is 15.1. The molecular weight excluding hydrogens is 831 g/mol. The molecule has 12 heteroatoms. The maximum Gasteiger partial charge on any atom is 2.00 e. The summed E-state index contributed by atoms with van der Waals surface area (Å²) in [5.41, 5.74) is 2.10. The summed E-state index contributed by atoms with van der Waals surface area (Å²) in [5.74, 6) is 3.77. The number of ether oxygens (including phenoxy) is 3. The van der Waals surface area contributed by atoms with Crippen LogP contribution in [0.2, 0.25) is 0 Å². The van der Waals surface area contributed by atoms with E-state index in [1.54, 1.807) is 6.92 Å². The molecule has 5 heterocycles. The molecule has 1 fully saturated rings. The summed E-state index contributed by atoms with van der Waals surface area (Å²) in [7, 11) is 0. The Bertz CT molecular complexity index is 1340. The zero-order valence-corrected chi connectivity index (χ0v) is 30.6. The molecule has 2 aromatic carbocycles. The summed E-state index contributed by atoms with van der Waals surface area (Å²) in [6.07, 6.45) is 8.41. The van der Waals surface area contributed by atoms with Gasteiger partial charge in [0.05, 0.1) is 24.2 Å². The zero-order valence-electron chi connectivity index (χ0n) is 22.3. The van der Waals surface area contributed by atoms with E-state index in [2.05, 4.69) is 92.7 Å². The first-order valence-electron chi connectivity index (χ1n) is 12.5. The second-order valence-corrected chi connectivity index (χ2v) is 11.3. The van der Waals surface area contributed by atoms with Crippen LogP contribution in [0.1, 0.15) is 19.8 Å². The molecule has 3 aliphatic rings. The monoisotopic (exact) mass is 858 g/mol. The largest absolute Gasteiger partial charge is 2.00 e. The summed E-state index contributed by atoms with van der Waals surface area (Å²) in [5, 5.41) is 0. The maximum absolute atomic E-state index is 5.70. The van der Waals surface area contributed by atoms with E-state index in [-0.39, 0.29) is 40.0 Å². The van der Waals surface area contributed by atoms with Crippen molar-refractivity contribution in [2.24, 2.45) is 0 Å². The van der Waals surface area contributed by atoms with Crippen LogP contribution < -0.4 is 26.5 Å². The third kappa shape index (κ3) is 9.43. The molecule has 7 rings (SSSR count). The molecule has 0 amide bonds. The number of aromatic nitrogens is 4. The molecule has 0 bridgehead atoms. The average molecular weight is 861 g/mol. The third-order valence-electron chi connectivity index (χ3n) is 5.83. The van der Waals surface area contributed by atoms with Gasteiger partial charge in [0, 0.05) is 40.7 Å². The first-order chi connectivity index (χ1) is 18.6. The van der Waals surface area contributed by atoms with Gasteiger partial charge < -0.3 is 47.2 Å². The van der Waals surface area contributed by atoms with E-state index in [1.165, 1.54) is 12.8 Å². The molecule has 0 radical (unpaired) electrons. The van der Waals surface area contributed by atoms with E-state index >= 15 is 0 Å².